The first kappa shape index (κ1) is 32.4. The summed E-state index contributed by atoms with van der Waals surface area (Å²) in [5, 5.41) is 0. The molecule has 0 bridgehead atoms. The number of carbonyl (C=O) groups excluding carboxylic acids is 3. The lowest BCUT2D eigenvalue weighted by molar-refractivity contribution is -0.143. The zero-order valence-corrected chi connectivity index (χ0v) is 24.9. The van der Waals surface area contributed by atoms with Gasteiger partial charge in [-0.15, -0.1) is 0 Å². The van der Waals surface area contributed by atoms with Gasteiger partial charge in [-0.1, -0.05) is 57.4 Å². The fraction of sp³-hybridized carbons (Fsp3) is 0.400. The van der Waals surface area contributed by atoms with Crippen LogP contribution in [0.1, 0.15) is 92.9 Å². The number of ether oxygens (including phenoxy) is 4. The fourth-order valence-corrected chi connectivity index (χ4v) is 4.25. The lowest BCUT2D eigenvalue weighted by Crippen LogP contribution is -2.15. The molecule has 224 valence electrons. The molecule has 7 heteroatoms. The largest absolute Gasteiger partial charge is 0.493 e. The first-order chi connectivity index (χ1) is 20.4. The van der Waals surface area contributed by atoms with Gasteiger partial charge in [0, 0.05) is 12.8 Å². The van der Waals surface area contributed by atoms with Crippen molar-refractivity contribution in [3.63, 3.8) is 0 Å². The van der Waals surface area contributed by atoms with Crippen molar-refractivity contribution in [2.75, 3.05) is 13.2 Å². The van der Waals surface area contributed by atoms with E-state index in [1.807, 2.05) is 50.2 Å². The van der Waals surface area contributed by atoms with Crippen LogP contribution >= 0.6 is 0 Å². The van der Waals surface area contributed by atoms with Crippen LogP contribution < -0.4 is 9.47 Å². The van der Waals surface area contributed by atoms with Crippen molar-refractivity contribution in [1.29, 1.82) is 0 Å². The summed E-state index contributed by atoms with van der Waals surface area (Å²) in [5.74, 6) is 0.0444. The maximum Gasteiger partial charge on any atom is 0.343 e. The molecule has 0 aromatic heterocycles. The number of hydrogen-bond acceptors (Lipinski definition) is 7. The smallest absolute Gasteiger partial charge is 0.343 e. The van der Waals surface area contributed by atoms with Crippen molar-refractivity contribution in [2.45, 2.75) is 78.2 Å². The predicted molar refractivity (Wildman–Crippen MR) is 163 cm³/mol. The average Bonchev–Trinajstić information content (AvgIpc) is 3.00. The number of rotatable bonds is 17. The molecule has 0 heterocycles. The number of hydrogen-bond donors (Lipinski definition) is 0. The Bertz CT molecular complexity index is 1250. The molecule has 0 unspecified atom stereocenters. The third-order valence-corrected chi connectivity index (χ3v) is 6.66. The summed E-state index contributed by atoms with van der Waals surface area (Å²) in [4.78, 5) is 36.5. The second-order valence-corrected chi connectivity index (χ2v) is 10.3. The van der Waals surface area contributed by atoms with Crippen LogP contribution in [0, 0.1) is 0 Å². The van der Waals surface area contributed by atoms with Crippen molar-refractivity contribution >= 4 is 17.9 Å². The van der Waals surface area contributed by atoms with Crippen LogP contribution in [0.5, 0.6) is 11.5 Å². The first-order valence-electron chi connectivity index (χ1n) is 14.9. The van der Waals surface area contributed by atoms with Gasteiger partial charge in [-0.05, 0) is 85.8 Å². The van der Waals surface area contributed by atoms with E-state index in [9.17, 15) is 14.4 Å². The second kappa shape index (κ2) is 17.6. The highest BCUT2D eigenvalue weighted by Gasteiger charge is 2.14. The summed E-state index contributed by atoms with van der Waals surface area (Å²) in [6.45, 7) is 6.83. The van der Waals surface area contributed by atoms with Gasteiger partial charge in [0.05, 0.1) is 30.4 Å². The van der Waals surface area contributed by atoms with Gasteiger partial charge in [-0.3, -0.25) is 4.79 Å². The molecule has 0 aliphatic carbocycles. The van der Waals surface area contributed by atoms with Crippen molar-refractivity contribution in [3.05, 3.63) is 83.9 Å². The zero-order chi connectivity index (χ0) is 30.2. The maximum absolute atomic E-state index is 12.7. The maximum atomic E-state index is 12.7. The van der Waals surface area contributed by atoms with Crippen molar-refractivity contribution in [1.82, 2.24) is 0 Å². The topological polar surface area (TPSA) is 88.1 Å². The Balaban J connectivity index is 1.44. The molecule has 0 spiro atoms. The normalized spacial score (nSPS) is 11.4. The van der Waals surface area contributed by atoms with Gasteiger partial charge in [-0.2, -0.15) is 0 Å². The third-order valence-electron chi connectivity index (χ3n) is 6.66. The Kier molecular flexibility index (Phi) is 13.6. The van der Waals surface area contributed by atoms with Gasteiger partial charge in [-0.25, -0.2) is 9.59 Å². The molecular weight excluding hydrogens is 532 g/mol. The van der Waals surface area contributed by atoms with Gasteiger partial charge < -0.3 is 18.9 Å². The van der Waals surface area contributed by atoms with Gasteiger partial charge in [0.2, 0.25) is 0 Å². The van der Waals surface area contributed by atoms with Gasteiger partial charge >= 0.3 is 17.9 Å². The van der Waals surface area contributed by atoms with E-state index in [0.717, 1.165) is 42.6 Å². The molecule has 0 saturated carbocycles. The monoisotopic (exact) mass is 574 g/mol. The molecule has 0 amide bonds. The lowest BCUT2D eigenvalue weighted by Gasteiger charge is -2.13. The summed E-state index contributed by atoms with van der Waals surface area (Å²) in [6, 6.07) is 21.2. The Hall–Kier alpha value is -4.13. The lowest BCUT2D eigenvalue weighted by atomic mass is 10.0. The Labute approximate surface area is 249 Å². The van der Waals surface area contributed by atoms with Crippen molar-refractivity contribution < 1.29 is 33.3 Å². The number of carbonyl (C=O) groups is 3. The Morgan fingerprint density at radius 1 is 0.643 bits per heavy atom. The van der Waals surface area contributed by atoms with E-state index in [-0.39, 0.29) is 18.0 Å². The predicted octanol–water partition coefficient (Wildman–Crippen LogP) is 8.20. The van der Waals surface area contributed by atoms with Crippen LogP contribution in [0.3, 0.4) is 0 Å². The zero-order valence-electron chi connectivity index (χ0n) is 24.9. The number of unbranched alkanes of at least 4 members (excludes halogenated alkanes) is 3. The summed E-state index contributed by atoms with van der Waals surface area (Å²) in [6.07, 6.45) is 7.11. The Morgan fingerprint density at radius 3 is 1.88 bits per heavy atom. The van der Waals surface area contributed by atoms with E-state index in [0.29, 0.717) is 42.9 Å². The fourth-order valence-electron chi connectivity index (χ4n) is 4.25. The highest BCUT2D eigenvalue weighted by molar-refractivity contribution is 5.92. The molecule has 42 heavy (non-hydrogen) atoms. The van der Waals surface area contributed by atoms with Crippen LogP contribution in [0.25, 0.3) is 11.1 Å². The standard InChI is InChI=1S/C35H42O7/c1-4-6-7-8-11-26(3)41-34(37)30-18-22-32(23-19-30)42-35(38)29-14-12-27(13-15-29)28-16-20-31(21-17-28)39-24-9-25-40-33(36)10-5-2/h12-23,26H,4-11,24-25H2,1-3H3/t26-/m0/s1. The molecule has 0 saturated heterocycles. The van der Waals surface area contributed by atoms with Gasteiger partial charge in [0.25, 0.3) is 0 Å². The SMILES string of the molecule is CCCCCC[C@H](C)OC(=O)c1ccc(OC(=O)c2ccc(-c3ccc(OCCCOC(=O)CCC)cc3)cc2)cc1. The molecule has 0 aliphatic rings. The highest BCUT2D eigenvalue weighted by Crippen LogP contribution is 2.24. The summed E-state index contributed by atoms with van der Waals surface area (Å²) in [7, 11) is 0. The Morgan fingerprint density at radius 2 is 1.24 bits per heavy atom. The summed E-state index contributed by atoms with van der Waals surface area (Å²) < 4.78 is 21.9. The number of benzene rings is 3. The van der Waals surface area contributed by atoms with Crippen LogP contribution in [-0.2, 0) is 14.3 Å². The van der Waals surface area contributed by atoms with E-state index in [1.54, 1.807) is 36.4 Å². The van der Waals surface area contributed by atoms with Crippen LogP contribution in [0.2, 0.25) is 0 Å². The average molecular weight is 575 g/mol. The van der Waals surface area contributed by atoms with Crippen LogP contribution in [0.4, 0.5) is 0 Å². The van der Waals surface area contributed by atoms with Gasteiger partial charge in [0.1, 0.15) is 11.5 Å². The van der Waals surface area contributed by atoms with Crippen LogP contribution in [0.15, 0.2) is 72.8 Å². The first-order valence-corrected chi connectivity index (χ1v) is 14.9. The van der Waals surface area contributed by atoms with E-state index >= 15 is 0 Å². The van der Waals surface area contributed by atoms with Gasteiger partial charge in [0.15, 0.2) is 0 Å². The van der Waals surface area contributed by atoms with Crippen LogP contribution in [-0.4, -0.2) is 37.2 Å². The van der Waals surface area contributed by atoms with Crippen molar-refractivity contribution in [3.8, 4) is 22.6 Å². The molecule has 0 N–H and O–H groups in total. The molecule has 3 aromatic carbocycles. The van der Waals surface area contributed by atoms with E-state index in [2.05, 4.69) is 6.92 Å². The summed E-state index contributed by atoms with van der Waals surface area (Å²) >= 11 is 0. The quantitative estimate of drug-likeness (QED) is 0.0912. The minimum Gasteiger partial charge on any atom is -0.493 e. The molecule has 0 aliphatic heterocycles. The van der Waals surface area contributed by atoms with E-state index < -0.39 is 5.97 Å². The van der Waals surface area contributed by atoms with Crippen molar-refractivity contribution in [2.24, 2.45) is 0 Å². The molecule has 0 radical (unpaired) electrons. The molecule has 3 aromatic rings. The number of esters is 3. The minimum atomic E-state index is -0.485. The van der Waals surface area contributed by atoms with E-state index in [4.69, 9.17) is 18.9 Å². The summed E-state index contributed by atoms with van der Waals surface area (Å²) in [5.41, 5.74) is 2.76. The molecule has 0 fully saturated rings. The molecule has 3 rings (SSSR count). The highest BCUT2D eigenvalue weighted by atomic mass is 16.5. The van der Waals surface area contributed by atoms with E-state index in [1.165, 1.54) is 12.8 Å². The molecule has 7 nitrogen and oxygen atoms in total. The molecular formula is C35H42O7. The third kappa shape index (κ3) is 11.0. The second-order valence-electron chi connectivity index (χ2n) is 10.3. The minimum absolute atomic E-state index is 0.138. The molecule has 1 atom stereocenters.